The molecular formula is C17H17NO4. The summed E-state index contributed by atoms with van der Waals surface area (Å²) >= 11 is 0. The Morgan fingerprint density at radius 1 is 0.955 bits per heavy atom. The Morgan fingerprint density at radius 2 is 1.41 bits per heavy atom. The number of carboxylic acids is 1. The molecule has 0 aliphatic carbocycles. The summed E-state index contributed by atoms with van der Waals surface area (Å²) in [5.74, 6) is -1.20. The van der Waals surface area contributed by atoms with E-state index >= 15 is 0 Å². The highest BCUT2D eigenvalue weighted by Gasteiger charge is 2.07. The monoisotopic (exact) mass is 299 g/mol. The van der Waals surface area contributed by atoms with E-state index in [9.17, 15) is 9.59 Å². The molecule has 3 N–H and O–H groups in total. The minimum Gasteiger partial charge on any atom is -0.478 e. The van der Waals surface area contributed by atoms with Crippen molar-refractivity contribution in [1.82, 2.24) is 5.32 Å². The molecule has 0 saturated heterocycles. The molecule has 22 heavy (non-hydrogen) atoms. The Bertz CT molecular complexity index is 660. The van der Waals surface area contributed by atoms with Gasteiger partial charge in [0.25, 0.3) is 5.91 Å². The van der Waals surface area contributed by atoms with Crippen LogP contribution in [-0.4, -0.2) is 34.7 Å². The van der Waals surface area contributed by atoms with Gasteiger partial charge in [-0.05, 0) is 42.3 Å². The summed E-state index contributed by atoms with van der Waals surface area (Å²) in [6, 6.07) is 13.5. The zero-order chi connectivity index (χ0) is 16.1. The highest BCUT2D eigenvalue weighted by atomic mass is 16.4. The normalized spacial score (nSPS) is 11.7. The number of carbonyl (C=O) groups is 2. The number of rotatable bonds is 5. The van der Waals surface area contributed by atoms with Crippen LogP contribution in [0.15, 0.2) is 48.5 Å². The van der Waals surface area contributed by atoms with Gasteiger partial charge in [0.2, 0.25) is 0 Å². The lowest BCUT2D eigenvalue weighted by molar-refractivity contribution is 0.0696. The van der Waals surface area contributed by atoms with E-state index in [1.165, 1.54) is 0 Å². The third kappa shape index (κ3) is 3.93. The third-order valence-electron chi connectivity index (χ3n) is 3.17. The summed E-state index contributed by atoms with van der Waals surface area (Å²) in [6.07, 6.45) is -0.587. The van der Waals surface area contributed by atoms with Gasteiger partial charge in [0.05, 0.1) is 11.7 Å². The van der Waals surface area contributed by atoms with Crippen molar-refractivity contribution in [2.75, 3.05) is 6.54 Å². The van der Waals surface area contributed by atoms with Crippen LogP contribution < -0.4 is 5.32 Å². The predicted octanol–water partition coefficient (Wildman–Crippen LogP) is 2.16. The third-order valence-corrected chi connectivity index (χ3v) is 3.17. The predicted molar refractivity (Wildman–Crippen MR) is 82.9 cm³/mol. The molecule has 0 bridgehead atoms. The van der Waals surface area contributed by atoms with Crippen LogP contribution in [0.5, 0.6) is 0 Å². The van der Waals surface area contributed by atoms with Crippen molar-refractivity contribution in [3.63, 3.8) is 0 Å². The van der Waals surface area contributed by atoms with Gasteiger partial charge >= 0.3 is 5.97 Å². The maximum Gasteiger partial charge on any atom is 0.335 e. The molecule has 0 radical (unpaired) electrons. The van der Waals surface area contributed by atoms with Crippen molar-refractivity contribution < 1.29 is 19.8 Å². The number of amides is 1. The van der Waals surface area contributed by atoms with Gasteiger partial charge in [0.15, 0.2) is 0 Å². The van der Waals surface area contributed by atoms with Gasteiger partial charge < -0.3 is 15.5 Å². The largest absolute Gasteiger partial charge is 0.478 e. The standard InChI is InChI=1S/C17H17NO4/c1-11(19)10-18-16(20)14-6-2-12(3-7-14)13-4-8-15(9-5-13)17(21)22/h2-9,11,19H,10H2,1H3,(H,18,20)(H,21,22)/t11-/m0/s1. The van der Waals surface area contributed by atoms with Gasteiger partial charge in [-0.2, -0.15) is 0 Å². The van der Waals surface area contributed by atoms with E-state index in [4.69, 9.17) is 10.2 Å². The van der Waals surface area contributed by atoms with Crippen LogP contribution in [0, 0.1) is 0 Å². The zero-order valence-electron chi connectivity index (χ0n) is 12.1. The first-order valence-corrected chi connectivity index (χ1v) is 6.87. The van der Waals surface area contributed by atoms with Gasteiger partial charge in [0.1, 0.15) is 0 Å². The van der Waals surface area contributed by atoms with Crippen LogP contribution in [0.2, 0.25) is 0 Å². The molecule has 0 spiro atoms. The number of aliphatic hydroxyl groups is 1. The van der Waals surface area contributed by atoms with E-state index in [0.717, 1.165) is 11.1 Å². The van der Waals surface area contributed by atoms with Gasteiger partial charge in [0, 0.05) is 12.1 Å². The Balaban J connectivity index is 2.11. The van der Waals surface area contributed by atoms with E-state index < -0.39 is 12.1 Å². The molecule has 2 aromatic carbocycles. The van der Waals surface area contributed by atoms with Crippen molar-refractivity contribution in [3.05, 3.63) is 59.7 Å². The van der Waals surface area contributed by atoms with Crippen LogP contribution in [0.1, 0.15) is 27.6 Å². The number of aliphatic hydroxyl groups excluding tert-OH is 1. The second-order valence-corrected chi connectivity index (χ2v) is 5.02. The number of nitrogens with one attached hydrogen (secondary N) is 1. The molecule has 2 aromatic rings. The van der Waals surface area contributed by atoms with E-state index in [2.05, 4.69) is 5.32 Å². The van der Waals surface area contributed by atoms with E-state index in [1.54, 1.807) is 55.5 Å². The lowest BCUT2D eigenvalue weighted by atomic mass is 10.0. The molecule has 0 fully saturated rings. The number of benzene rings is 2. The van der Waals surface area contributed by atoms with Gasteiger partial charge in [-0.15, -0.1) is 0 Å². The molecule has 0 aromatic heterocycles. The van der Waals surface area contributed by atoms with Crippen LogP contribution >= 0.6 is 0 Å². The smallest absolute Gasteiger partial charge is 0.335 e. The van der Waals surface area contributed by atoms with Crippen molar-refractivity contribution in [1.29, 1.82) is 0 Å². The van der Waals surface area contributed by atoms with Crippen LogP contribution in [-0.2, 0) is 0 Å². The fourth-order valence-corrected chi connectivity index (χ4v) is 1.96. The molecular weight excluding hydrogens is 282 g/mol. The summed E-state index contributed by atoms with van der Waals surface area (Å²) in [5.41, 5.74) is 2.51. The average Bonchev–Trinajstić information content (AvgIpc) is 2.53. The van der Waals surface area contributed by atoms with Crippen LogP contribution in [0.4, 0.5) is 0 Å². The lowest BCUT2D eigenvalue weighted by Crippen LogP contribution is -2.30. The number of carboxylic acid groups (broad SMARTS) is 1. The molecule has 1 amide bonds. The maximum absolute atomic E-state index is 11.8. The molecule has 114 valence electrons. The van der Waals surface area contributed by atoms with E-state index in [1.807, 2.05) is 0 Å². The fraction of sp³-hybridized carbons (Fsp3) is 0.176. The zero-order valence-corrected chi connectivity index (χ0v) is 12.1. The number of hydrogen-bond acceptors (Lipinski definition) is 3. The Morgan fingerprint density at radius 3 is 1.82 bits per heavy atom. The fourth-order valence-electron chi connectivity index (χ4n) is 1.96. The SMILES string of the molecule is C[C@H](O)CNC(=O)c1ccc(-c2ccc(C(=O)O)cc2)cc1. The molecule has 2 rings (SSSR count). The van der Waals surface area contributed by atoms with Gasteiger partial charge in [-0.1, -0.05) is 24.3 Å². The van der Waals surface area contributed by atoms with Gasteiger partial charge in [-0.25, -0.2) is 4.79 Å². The molecule has 5 nitrogen and oxygen atoms in total. The minimum absolute atomic E-state index is 0.206. The number of aromatic carboxylic acids is 1. The Labute approximate surface area is 128 Å². The van der Waals surface area contributed by atoms with Crippen molar-refractivity contribution in [3.8, 4) is 11.1 Å². The van der Waals surface area contributed by atoms with Crippen LogP contribution in [0.3, 0.4) is 0 Å². The highest BCUT2D eigenvalue weighted by Crippen LogP contribution is 2.20. The summed E-state index contributed by atoms with van der Waals surface area (Å²) in [5, 5.41) is 20.6. The molecule has 0 unspecified atom stereocenters. The first-order chi connectivity index (χ1) is 10.5. The van der Waals surface area contributed by atoms with Crippen molar-refractivity contribution in [2.24, 2.45) is 0 Å². The summed E-state index contributed by atoms with van der Waals surface area (Å²) in [6.45, 7) is 1.81. The van der Waals surface area contributed by atoms with Crippen molar-refractivity contribution >= 4 is 11.9 Å². The quantitative estimate of drug-likeness (QED) is 0.789. The first kappa shape index (κ1) is 15.7. The lowest BCUT2D eigenvalue weighted by Gasteiger charge is -2.08. The Hall–Kier alpha value is -2.66. The average molecular weight is 299 g/mol. The van der Waals surface area contributed by atoms with Crippen molar-refractivity contribution in [2.45, 2.75) is 13.0 Å². The second kappa shape index (κ2) is 6.87. The summed E-state index contributed by atoms with van der Waals surface area (Å²) in [7, 11) is 0. The molecule has 1 atom stereocenters. The molecule has 5 heteroatoms. The number of carbonyl (C=O) groups excluding carboxylic acids is 1. The van der Waals surface area contributed by atoms with E-state index in [-0.39, 0.29) is 18.0 Å². The highest BCUT2D eigenvalue weighted by molar-refractivity contribution is 5.94. The molecule has 0 aliphatic heterocycles. The van der Waals surface area contributed by atoms with E-state index in [0.29, 0.717) is 5.56 Å². The Kier molecular flexibility index (Phi) is 4.91. The minimum atomic E-state index is -0.961. The van der Waals surface area contributed by atoms with Gasteiger partial charge in [-0.3, -0.25) is 4.79 Å². The second-order valence-electron chi connectivity index (χ2n) is 5.02. The topological polar surface area (TPSA) is 86.6 Å². The first-order valence-electron chi connectivity index (χ1n) is 6.87. The summed E-state index contributed by atoms with van der Waals surface area (Å²) < 4.78 is 0. The maximum atomic E-state index is 11.8. The molecule has 0 heterocycles. The molecule has 0 saturated carbocycles. The number of hydrogen-bond donors (Lipinski definition) is 3. The molecule has 0 aliphatic rings. The summed E-state index contributed by atoms with van der Waals surface area (Å²) in [4.78, 5) is 22.6. The van der Waals surface area contributed by atoms with Crippen LogP contribution in [0.25, 0.3) is 11.1 Å².